The van der Waals surface area contributed by atoms with Crippen molar-refractivity contribution in [2.45, 2.75) is 13.0 Å². The summed E-state index contributed by atoms with van der Waals surface area (Å²) in [5.41, 5.74) is 0.0615. The number of nitro groups is 1. The van der Waals surface area contributed by atoms with Crippen molar-refractivity contribution >= 4 is 11.7 Å². The zero-order chi connectivity index (χ0) is 13.7. The Kier molecular flexibility index (Phi) is 4.73. The van der Waals surface area contributed by atoms with Crippen LogP contribution in [0, 0.1) is 15.9 Å². The van der Waals surface area contributed by atoms with E-state index in [1.165, 1.54) is 0 Å². The third-order valence-corrected chi connectivity index (χ3v) is 2.39. The highest BCUT2D eigenvalue weighted by Gasteiger charge is 2.16. The lowest BCUT2D eigenvalue weighted by Crippen LogP contribution is -2.21. The summed E-state index contributed by atoms with van der Waals surface area (Å²) in [6.07, 6.45) is -0.0698. The summed E-state index contributed by atoms with van der Waals surface area (Å²) in [6, 6.07) is 3.23. The van der Waals surface area contributed by atoms with Crippen molar-refractivity contribution < 1.29 is 19.2 Å². The molecule has 0 saturated carbocycles. The second-order valence-corrected chi connectivity index (χ2v) is 3.91. The van der Waals surface area contributed by atoms with Crippen LogP contribution in [-0.4, -0.2) is 34.5 Å². The monoisotopic (exact) mass is 256 g/mol. The minimum atomic E-state index is -0.949. The molecule has 1 rings (SSSR count). The Balaban J connectivity index is 2.79. The SMILES string of the molecule is CN(CCC(=O)O)Cc1cc(F)ccc1[N+](=O)[O-]. The first kappa shape index (κ1) is 14.0. The highest BCUT2D eigenvalue weighted by Crippen LogP contribution is 2.20. The van der Waals surface area contributed by atoms with E-state index in [0.717, 1.165) is 18.2 Å². The number of hydrogen-bond acceptors (Lipinski definition) is 4. The minimum Gasteiger partial charge on any atom is -0.481 e. The molecule has 0 radical (unpaired) electrons. The molecule has 0 aliphatic carbocycles. The molecule has 1 N–H and O–H groups in total. The molecule has 0 heterocycles. The lowest BCUT2D eigenvalue weighted by atomic mass is 10.1. The van der Waals surface area contributed by atoms with E-state index in [2.05, 4.69) is 0 Å². The van der Waals surface area contributed by atoms with Crippen LogP contribution in [0.4, 0.5) is 10.1 Å². The molecule has 0 bridgehead atoms. The molecule has 0 spiro atoms. The summed E-state index contributed by atoms with van der Waals surface area (Å²) in [4.78, 5) is 22.2. The Morgan fingerprint density at radius 3 is 2.78 bits per heavy atom. The van der Waals surface area contributed by atoms with Gasteiger partial charge in [-0.3, -0.25) is 14.9 Å². The first-order valence-electron chi connectivity index (χ1n) is 5.23. The van der Waals surface area contributed by atoms with Crippen LogP contribution in [0.15, 0.2) is 18.2 Å². The fourth-order valence-corrected chi connectivity index (χ4v) is 1.52. The molecule has 1 aromatic rings. The Labute approximate surface area is 103 Å². The van der Waals surface area contributed by atoms with Crippen LogP contribution in [0.1, 0.15) is 12.0 Å². The van der Waals surface area contributed by atoms with Crippen LogP contribution < -0.4 is 0 Å². The molecule has 0 atom stereocenters. The summed E-state index contributed by atoms with van der Waals surface area (Å²) in [6.45, 7) is 0.365. The van der Waals surface area contributed by atoms with Gasteiger partial charge in [0.05, 0.1) is 11.3 Å². The summed E-state index contributed by atoms with van der Waals surface area (Å²) < 4.78 is 13.0. The normalized spacial score (nSPS) is 10.6. The molecule has 98 valence electrons. The van der Waals surface area contributed by atoms with Crippen molar-refractivity contribution in [1.82, 2.24) is 4.90 Å². The molecule has 7 heteroatoms. The molecule has 1 aromatic carbocycles. The lowest BCUT2D eigenvalue weighted by Gasteiger charge is -2.15. The number of nitro benzene ring substituents is 1. The molecule has 0 aliphatic rings. The molecule has 0 saturated heterocycles. The largest absolute Gasteiger partial charge is 0.481 e. The van der Waals surface area contributed by atoms with E-state index >= 15 is 0 Å². The molecule has 0 aromatic heterocycles. The number of aliphatic carboxylic acids is 1. The van der Waals surface area contributed by atoms with Crippen LogP contribution in [-0.2, 0) is 11.3 Å². The average molecular weight is 256 g/mol. The highest BCUT2D eigenvalue weighted by atomic mass is 19.1. The molecule has 6 nitrogen and oxygen atoms in total. The quantitative estimate of drug-likeness (QED) is 0.618. The van der Waals surface area contributed by atoms with E-state index in [-0.39, 0.29) is 30.8 Å². The van der Waals surface area contributed by atoms with Gasteiger partial charge in [-0.2, -0.15) is 0 Å². The zero-order valence-electron chi connectivity index (χ0n) is 9.80. The van der Waals surface area contributed by atoms with Crippen molar-refractivity contribution in [2.24, 2.45) is 0 Å². The van der Waals surface area contributed by atoms with Crippen LogP contribution in [0.2, 0.25) is 0 Å². The van der Waals surface area contributed by atoms with Gasteiger partial charge in [0.2, 0.25) is 0 Å². The minimum absolute atomic E-state index is 0.0698. The Hall–Kier alpha value is -2.02. The first-order valence-corrected chi connectivity index (χ1v) is 5.23. The van der Waals surface area contributed by atoms with Gasteiger partial charge in [-0.15, -0.1) is 0 Å². The third kappa shape index (κ3) is 4.10. The van der Waals surface area contributed by atoms with Crippen molar-refractivity contribution in [3.63, 3.8) is 0 Å². The van der Waals surface area contributed by atoms with E-state index < -0.39 is 16.7 Å². The Morgan fingerprint density at radius 1 is 1.56 bits per heavy atom. The zero-order valence-corrected chi connectivity index (χ0v) is 9.80. The van der Waals surface area contributed by atoms with Gasteiger partial charge in [0.15, 0.2) is 0 Å². The van der Waals surface area contributed by atoms with Crippen LogP contribution in [0.25, 0.3) is 0 Å². The Bertz CT molecular complexity index is 464. The van der Waals surface area contributed by atoms with Gasteiger partial charge in [0.1, 0.15) is 5.82 Å². The number of rotatable bonds is 6. The smallest absolute Gasteiger partial charge is 0.304 e. The van der Waals surface area contributed by atoms with Crippen molar-refractivity contribution in [1.29, 1.82) is 0 Å². The van der Waals surface area contributed by atoms with Crippen molar-refractivity contribution in [3.8, 4) is 0 Å². The van der Waals surface area contributed by atoms with Gasteiger partial charge in [0, 0.05) is 24.7 Å². The third-order valence-electron chi connectivity index (χ3n) is 2.39. The standard InChI is InChI=1S/C11H13FN2O4/c1-13(5-4-11(15)16)7-8-6-9(12)2-3-10(8)14(17)18/h2-3,6H,4-5,7H2,1H3,(H,15,16). The first-order chi connectivity index (χ1) is 8.40. The maximum atomic E-state index is 13.0. The lowest BCUT2D eigenvalue weighted by molar-refractivity contribution is -0.385. The molecule has 0 unspecified atom stereocenters. The fourth-order valence-electron chi connectivity index (χ4n) is 1.52. The topological polar surface area (TPSA) is 83.7 Å². The second kappa shape index (κ2) is 6.06. The second-order valence-electron chi connectivity index (χ2n) is 3.91. The predicted octanol–water partition coefficient (Wildman–Crippen LogP) is 1.64. The maximum Gasteiger partial charge on any atom is 0.304 e. The van der Waals surface area contributed by atoms with Gasteiger partial charge < -0.3 is 10.0 Å². The summed E-state index contributed by atoms with van der Waals surface area (Å²) in [5, 5.41) is 19.3. The summed E-state index contributed by atoms with van der Waals surface area (Å²) in [5.74, 6) is -1.50. The summed E-state index contributed by atoms with van der Waals surface area (Å²) in [7, 11) is 1.62. The van der Waals surface area contributed by atoms with E-state index in [1.54, 1.807) is 11.9 Å². The van der Waals surface area contributed by atoms with E-state index in [4.69, 9.17) is 5.11 Å². The summed E-state index contributed by atoms with van der Waals surface area (Å²) >= 11 is 0. The van der Waals surface area contributed by atoms with Crippen LogP contribution in [0.5, 0.6) is 0 Å². The number of hydrogen-bond donors (Lipinski definition) is 1. The average Bonchev–Trinajstić information content (AvgIpc) is 2.26. The molecule has 0 fully saturated rings. The predicted molar refractivity (Wildman–Crippen MR) is 61.6 cm³/mol. The van der Waals surface area contributed by atoms with Crippen LogP contribution in [0.3, 0.4) is 0 Å². The number of carboxylic acids is 1. The number of nitrogens with zero attached hydrogens (tertiary/aromatic N) is 2. The molecule has 0 amide bonds. The van der Waals surface area contributed by atoms with Crippen molar-refractivity contribution in [2.75, 3.05) is 13.6 Å². The van der Waals surface area contributed by atoms with Gasteiger partial charge in [-0.25, -0.2) is 4.39 Å². The van der Waals surface area contributed by atoms with Crippen LogP contribution >= 0.6 is 0 Å². The van der Waals surface area contributed by atoms with Gasteiger partial charge in [-0.05, 0) is 19.2 Å². The van der Waals surface area contributed by atoms with Crippen molar-refractivity contribution in [3.05, 3.63) is 39.7 Å². The fraction of sp³-hybridized carbons (Fsp3) is 0.364. The maximum absolute atomic E-state index is 13.0. The molecular formula is C11H13FN2O4. The van der Waals surface area contributed by atoms with E-state index in [1.807, 2.05) is 0 Å². The number of carboxylic acid groups (broad SMARTS) is 1. The number of benzene rings is 1. The van der Waals surface area contributed by atoms with Gasteiger partial charge >= 0.3 is 5.97 Å². The molecule has 18 heavy (non-hydrogen) atoms. The van der Waals surface area contributed by atoms with E-state index in [9.17, 15) is 19.3 Å². The number of carbonyl (C=O) groups is 1. The number of halogens is 1. The van der Waals surface area contributed by atoms with Gasteiger partial charge in [0.25, 0.3) is 5.69 Å². The highest BCUT2D eigenvalue weighted by molar-refractivity contribution is 5.66. The molecule has 0 aliphatic heterocycles. The molecular weight excluding hydrogens is 243 g/mol. The van der Waals surface area contributed by atoms with Gasteiger partial charge in [-0.1, -0.05) is 0 Å². The van der Waals surface area contributed by atoms with E-state index in [0.29, 0.717) is 0 Å². The Morgan fingerprint density at radius 2 is 2.22 bits per heavy atom.